The first kappa shape index (κ1) is 23.8. The van der Waals surface area contributed by atoms with Crippen LogP contribution in [0.25, 0.3) is 0 Å². The standard InChI is InChI=1S/C19H27N2O6PS/c1-4-26-28(25,27-5-2)14-20(12-13-29-15(3)22)10-11-21-18(23)16-8-6-7-9-17(16)19(21)24/h6-9H,4-5,10-14H2,1-3H3. The van der Waals surface area contributed by atoms with Gasteiger partial charge < -0.3 is 9.05 Å². The highest BCUT2D eigenvalue weighted by molar-refractivity contribution is 8.13. The number of benzene rings is 1. The van der Waals surface area contributed by atoms with Gasteiger partial charge in [0.1, 0.15) is 6.29 Å². The number of rotatable bonds is 12. The summed E-state index contributed by atoms with van der Waals surface area (Å²) in [5, 5.41) is -0.0110. The Morgan fingerprint density at radius 2 is 1.62 bits per heavy atom. The van der Waals surface area contributed by atoms with E-state index in [1.807, 2.05) is 4.90 Å². The maximum Gasteiger partial charge on any atom is 0.344 e. The van der Waals surface area contributed by atoms with E-state index in [-0.39, 0.29) is 43.0 Å². The SMILES string of the molecule is CCOP(=O)(CN(CCSC(C)=O)CCN1C(=O)c2ccccc2C1=O)OCC. The average Bonchev–Trinajstić information content (AvgIpc) is 2.90. The lowest BCUT2D eigenvalue weighted by Crippen LogP contribution is -2.39. The number of hydrogen-bond acceptors (Lipinski definition) is 8. The van der Waals surface area contributed by atoms with Crippen molar-refractivity contribution in [2.75, 3.05) is 44.9 Å². The topological polar surface area (TPSA) is 93.2 Å². The average molecular weight is 442 g/mol. The monoisotopic (exact) mass is 442 g/mol. The van der Waals surface area contributed by atoms with Gasteiger partial charge in [-0.15, -0.1) is 0 Å². The summed E-state index contributed by atoms with van der Waals surface area (Å²) in [6.07, 6.45) is 0.0241. The predicted molar refractivity (Wildman–Crippen MR) is 112 cm³/mol. The summed E-state index contributed by atoms with van der Waals surface area (Å²) in [5.74, 6) is -0.168. The van der Waals surface area contributed by atoms with E-state index in [0.717, 1.165) is 11.8 Å². The number of carbonyl (C=O) groups is 3. The largest absolute Gasteiger partial charge is 0.344 e. The van der Waals surface area contributed by atoms with Crippen LogP contribution >= 0.6 is 19.4 Å². The zero-order valence-corrected chi connectivity index (χ0v) is 18.7. The van der Waals surface area contributed by atoms with Gasteiger partial charge in [-0.05, 0) is 26.0 Å². The molecule has 0 spiro atoms. The number of imide groups is 1. The first-order chi connectivity index (χ1) is 13.8. The number of hydrogen-bond donors (Lipinski definition) is 0. The molecule has 1 aromatic carbocycles. The van der Waals surface area contributed by atoms with Crippen molar-refractivity contribution in [3.8, 4) is 0 Å². The molecule has 0 bridgehead atoms. The Balaban J connectivity index is 2.07. The fraction of sp³-hybridized carbons (Fsp3) is 0.526. The van der Waals surface area contributed by atoms with Crippen LogP contribution in [-0.4, -0.2) is 71.6 Å². The van der Waals surface area contributed by atoms with E-state index in [4.69, 9.17) is 9.05 Å². The molecule has 160 valence electrons. The second-order valence-electron chi connectivity index (χ2n) is 6.35. The van der Waals surface area contributed by atoms with Crippen LogP contribution in [0.1, 0.15) is 41.5 Å². The van der Waals surface area contributed by atoms with E-state index in [1.54, 1.807) is 38.1 Å². The lowest BCUT2D eigenvalue weighted by molar-refractivity contribution is -0.109. The van der Waals surface area contributed by atoms with Crippen LogP contribution in [0.15, 0.2) is 24.3 Å². The molecule has 29 heavy (non-hydrogen) atoms. The summed E-state index contributed by atoms with van der Waals surface area (Å²) < 4.78 is 23.6. The zero-order valence-electron chi connectivity index (χ0n) is 17.0. The van der Waals surface area contributed by atoms with Gasteiger partial charge in [-0.1, -0.05) is 23.9 Å². The van der Waals surface area contributed by atoms with Gasteiger partial charge in [-0.3, -0.25) is 28.7 Å². The van der Waals surface area contributed by atoms with Crippen LogP contribution in [0.4, 0.5) is 0 Å². The molecule has 1 aliphatic heterocycles. The Morgan fingerprint density at radius 1 is 1.07 bits per heavy atom. The maximum absolute atomic E-state index is 12.9. The van der Waals surface area contributed by atoms with Crippen LogP contribution in [0.2, 0.25) is 0 Å². The van der Waals surface area contributed by atoms with Crippen molar-refractivity contribution >= 4 is 36.3 Å². The minimum atomic E-state index is -3.35. The summed E-state index contributed by atoms with van der Waals surface area (Å²) >= 11 is 1.16. The third kappa shape index (κ3) is 6.49. The fourth-order valence-corrected chi connectivity index (χ4v) is 5.45. The number of amides is 2. The molecule has 2 rings (SSSR count). The van der Waals surface area contributed by atoms with Crippen molar-refractivity contribution in [1.82, 2.24) is 9.80 Å². The van der Waals surface area contributed by atoms with Gasteiger partial charge in [0, 0.05) is 32.3 Å². The van der Waals surface area contributed by atoms with E-state index < -0.39 is 7.60 Å². The normalized spacial score (nSPS) is 14.0. The minimum absolute atomic E-state index is 0.0110. The van der Waals surface area contributed by atoms with Crippen LogP contribution in [0.3, 0.4) is 0 Å². The molecule has 8 nitrogen and oxygen atoms in total. The summed E-state index contributed by atoms with van der Waals surface area (Å²) in [6.45, 7) is 6.33. The van der Waals surface area contributed by atoms with Crippen LogP contribution in [0, 0.1) is 0 Å². The molecule has 0 saturated carbocycles. The molecule has 0 saturated heterocycles. The highest BCUT2D eigenvalue weighted by Gasteiger charge is 2.35. The second kappa shape index (κ2) is 11.0. The van der Waals surface area contributed by atoms with Gasteiger partial charge in [0.05, 0.1) is 24.3 Å². The Hall–Kier alpha value is -1.51. The summed E-state index contributed by atoms with van der Waals surface area (Å²) in [6, 6.07) is 6.71. The van der Waals surface area contributed by atoms with E-state index >= 15 is 0 Å². The first-order valence-electron chi connectivity index (χ1n) is 9.50. The molecule has 1 heterocycles. The van der Waals surface area contributed by atoms with Gasteiger partial charge >= 0.3 is 7.60 Å². The van der Waals surface area contributed by atoms with Gasteiger partial charge in [-0.25, -0.2) is 0 Å². The molecule has 0 radical (unpaired) electrons. The Morgan fingerprint density at radius 3 is 2.10 bits per heavy atom. The van der Waals surface area contributed by atoms with E-state index in [2.05, 4.69) is 0 Å². The Labute approximate surface area is 175 Å². The Kier molecular flexibility index (Phi) is 9.04. The fourth-order valence-electron chi connectivity index (χ4n) is 3.01. The second-order valence-corrected chi connectivity index (χ2v) is 9.65. The van der Waals surface area contributed by atoms with Crippen molar-refractivity contribution in [2.24, 2.45) is 0 Å². The molecule has 1 aromatic rings. The molecule has 0 unspecified atom stereocenters. The molecular weight excluding hydrogens is 415 g/mol. The molecule has 2 amide bonds. The van der Waals surface area contributed by atoms with Crippen LogP contribution in [0.5, 0.6) is 0 Å². The predicted octanol–water partition coefficient (Wildman–Crippen LogP) is 3.09. The van der Waals surface area contributed by atoms with E-state index in [0.29, 0.717) is 30.0 Å². The van der Waals surface area contributed by atoms with Crippen molar-refractivity contribution in [3.05, 3.63) is 35.4 Å². The van der Waals surface area contributed by atoms with Crippen molar-refractivity contribution in [2.45, 2.75) is 20.8 Å². The van der Waals surface area contributed by atoms with Crippen LogP contribution < -0.4 is 0 Å². The molecule has 10 heteroatoms. The molecule has 0 aromatic heterocycles. The van der Waals surface area contributed by atoms with Crippen molar-refractivity contribution in [3.63, 3.8) is 0 Å². The van der Waals surface area contributed by atoms with Crippen molar-refractivity contribution in [1.29, 1.82) is 0 Å². The lowest BCUT2D eigenvalue weighted by Gasteiger charge is -2.28. The molecule has 0 N–H and O–H groups in total. The maximum atomic E-state index is 12.9. The summed E-state index contributed by atoms with van der Waals surface area (Å²) in [7, 11) is -3.35. The van der Waals surface area contributed by atoms with E-state index in [1.165, 1.54) is 11.8 Å². The van der Waals surface area contributed by atoms with Gasteiger partial charge in [0.15, 0.2) is 5.12 Å². The minimum Gasteiger partial charge on any atom is -0.308 e. The molecule has 0 fully saturated rings. The van der Waals surface area contributed by atoms with Gasteiger partial charge in [-0.2, -0.15) is 0 Å². The van der Waals surface area contributed by atoms with Crippen LogP contribution in [-0.2, 0) is 18.4 Å². The Bertz CT molecular complexity index is 758. The molecular formula is C19H27N2O6PS. The molecule has 0 aliphatic carbocycles. The third-order valence-corrected chi connectivity index (χ3v) is 7.10. The lowest BCUT2D eigenvalue weighted by atomic mass is 10.1. The summed E-state index contributed by atoms with van der Waals surface area (Å²) in [4.78, 5) is 39.3. The first-order valence-corrected chi connectivity index (χ1v) is 12.2. The number of thioether (sulfide) groups is 1. The van der Waals surface area contributed by atoms with E-state index in [9.17, 15) is 18.9 Å². The number of nitrogens with zero attached hydrogens (tertiary/aromatic N) is 2. The zero-order chi connectivity index (χ0) is 21.4. The highest BCUT2D eigenvalue weighted by Crippen LogP contribution is 2.48. The van der Waals surface area contributed by atoms with Gasteiger partial charge in [0.25, 0.3) is 11.8 Å². The summed E-state index contributed by atoms with van der Waals surface area (Å²) in [5.41, 5.74) is 0.788. The highest BCUT2D eigenvalue weighted by atomic mass is 32.2. The third-order valence-electron chi connectivity index (χ3n) is 4.26. The quantitative estimate of drug-likeness (QED) is 0.360. The molecule has 0 atom stereocenters. The van der Waals surface area contributed by atoms with Gasteiger partial charge in [0.2, 0.25) is 0 Å². The smallest absolute Gasteiger partial charge is 0.308 e. The molecule has 1 aliphatic rings. The van der Waals surface area contributed by atoms with Crippen molar-refractivity contribution < 1.29 is 28.0 Å². The number of carbonyl (C=O) groups excluding carboxylic acids is 3. The number of fused-ring (bicyclic) bond motifs is 1.